The number of amides is 1. The largest absolute Gasteiger partial charge is 0.353 e. The molecule has 9 nitrogen and oxygen atoms in total. The second-order valence-electron chi connectivity index (χ2n) is 5.62. The minimum absolute atomic E-state index is 0.0734. The normalized spacial score (nSPS) is 10.7. The number of nitrogens with one attached hydrogen (secondary N) is 1. The van der Waals surface area contributed by atoms with Gasteiger partial charge in [0.2, 0.25) is 5.91 Å². The van der Waals surface area contributed by atoms with Crippen LogP contribution in [0.4, 0.5) is 0 Å². The van der Waals surface area contributed by atoms with E-state index in [-0.39, 0.29) is 36.8 Å². The number of pyridine rings is 2. The van der Waals surface area contributed by atoms with Crippen LogP contribution in [0.25, 0.3) is 11.5 Å². The summed E-state index contributed by atoms with van der Waals surface area (Å²) in [5.41, 5.74) is 0.0566. The molecule has 3 aromatic rings. The van der Waals surface area contributed by atoms with Gasteiger partial charge in [-0.1, -0.05) is 12.1 Å². The fourth-order valence-electron chi connectivity index (χ4n) is 2.45. The Bertz CT molecular complexity index is 1020. The Balaban J connectivity index is 1.62. The van der Waals surface area contributed by atoms with Crippen molar-refractivity contribution in [2.24, 2.45) is 7.05 Å². The lowest BCUT2D eigenvalue weighted by atomic mass is 10.3. The molecule has 0 atom stereocenters. The molecule has 3 aromatic heterocycles. The third kappa shape index (κ3) is 3.77. The van der Waals surface area contributed by atoms with Gasteiger partial charge in [-0.25, -0.2) is 9.48 Å². The lowest BCUT2D eigenvalue weighted by Gasteiger charge is -2.06. The molecule has 0 radical (unpaired) electrons. The summed E-state index contributed by atoms with van der Waals surface area (Å²) in [4.78, 5) is 40.0. The molecular weight excluding hydrogens is 336 g/mol. The highest BCUT2D eigenvalue weighted by Crippen LogP contribution is 2.09. The van der Waals surface area contributed by atoms with E-state index >= 15 is 0 Å². The van der Waals surface area contributed by atoms with Crippen LogP contribution in [-0.4, -0.2) is 36.4 Å². The van der Waals surface area contributed by atoms with Gasteiger partial charge in [-0.3, -0.25) is 19.1 Å². The van der Waals surface area contributed by atoms with Crippen molar-refractivity contribution in [2.75, 3.05) is 6.54 Å². The number of nitrogens with zero attached hydrogens (tertiary/aromatic N) is 5. The van der Waals surface area contributed by atoms with E-state index in [9.17, 15) is 14.4 Å². The summed E-state index contributed by atoms with van der Waals surface area (Å²) in [6.07, 6.45) is 3.18. The predicted molar refractivity (Wildman–Crippen MR) is 94.4 cm³/mol. The van der Waals surface area contributed by atoms with Gasteiger partial charge < -0.3 is 9.88 Å². The van der Waals surface area contributed by atoms with Crippen molar-refractivity contribution < 1.29 is 4.79 Å². The maximum Gasteiger partial charge on any atom is 0.346 e. The van der Waals surface area contributed by atoms with Gasteiger partial charge in [0.1, 0.15) is 12.2 Å². The summed E-state index contributed by atoms with van der Waals surface area (Å²) in [5.74, 6) is 0.144. The van der Waals surface area contributed by atoms with Crippen molar-refractivity contribution >= 4 is 5.91 Å². The summed E-state index contributed by atoms with van der Waals surface area (Å²) in [6.45, 7) is 0.365. The van der Waals surface area contributed by atoms with Crippen LogP contribution in [0.5, 0.6) is 0 Å². The van der Waals surface area contributed by atoms with Crippen molar-refractivity contribution in [1.29, 1.82) is 0 Å². The lowest BCUT2D eigenvalue weighted by molar-refractivity contribution is -0.121. The first kappa shape index (κ1) is 17.3. The highest BCUT2D eigenvalue weighted by molar-refractivity contribution is 5.75. The molecule has 26 heavy (non-hydrogen) atoms. The number of hydrogen-bond donors (Lipinski definition) is 1. The fraction of sp³-hybridized carbons (Fsp3) is 0.235. The summed E-state index contributed by atoms with van der Waals surface area (Å²) in [7, 11) is 1.62. The third-order valence-electron chi connectivity index (χ3n) is 3.79. The average Bonchev–Trinajstić information content (AvgIpc) is 2.93. The lowest BCUT2D eigenvalue weighted by Crippen LogP contribution is -2.35. The Labute approximate surface area is 148 Å². The van der Waals surface area contributed by atoms with E-state index in [4.69, 9.17) is 0 Å². The van der Waals surface area contributed by atoms with Gasteiger partial charge >= 0.3 is 5.69 Å². The van der Waals surface area contributed by atoms with Crippen molar-refractivity contribution in [2.45, 2.75) is 13.1 Å². The molecule has 0 saturated heterocycles. The highest BCUT2D eigenvalue weighted by Gasteiger charge is 2.13. The molecule has 0 bridgehead atoms. The van der Waals surface area contributed by atoms with E-state index in [1.807, 2.05) is 6.07 Å². The highest BCUT2D eigenvalue weighted by atomic mass is 16.2. The van der Waals surface area contributed by atoms with E-state index in [2.05, 4.69) is 15.4 Å². The molecule has 0 aliphatic rings. The van der Waals surface area contributed by atoms with Gasteiger partial charge in [0.05, 0.1) is 6.54 Å². The van der Waals surface area contributed by atoms with Gasteiger partial charge in [-0.05, 0) is 18.2 Å². The Kier molecular flexibility index (Phi) is 5.07. The minimum Gasteiger partial charge on any atom is -0.353 e. The zero-order valence-corrected chi connectivity index (χ0v) is 14.2. The second-order valence-corrected chi connectivity index (χ2v) is 5.62. The number of carbonyl (C=O) groups is 1. The van der Waals surface area contributed by atoms with Crippen LogP contribution in [0.3, 0.4) is 0 Å². The third-order valence-corrected chi connectivity index (χ3v) is 3.79. The SMILES string of the molecule is Cn1c(-c2ccccn2)nn(CCNC(=O)Cn2ccccc2=O)c1=O. The Morgan fingerprint density at radius 3 is 2.69 bits per heavy atom. The first-order chi connectivity index (χ1) is 12.6. The number of hydrogen-bond acceptors (Lipinski definition) is 5. The van der Waals surface area contributed by atoms with Gasteiger partial charge in [-0.2, -0.15) is 0 Å². The molecule has 3 rings (SSSR count). The number of carbonyl (C=O) groups excluding carboxylic acids is 1. The summed E-state index contributed by atoms with van der Waals surface area (Å²) < 4.78 is 3.99. The van der Waals surface area contributed by atoms with Crippen LogP contribution >= 0.6 is 0 Å². The average molecular weight is 354 g/mol. The first-order valence-corrected chi connectivity index (χ1v) is 8.03. The van der Waals surface area contributed by atoms with E-state index < -0.39 is 0 Å². The number of rotatable bonds is 6. The Hall–Kier alpha value is -3.49. The molecular formula is C17H18N6O3. The molecule has 0 saturated carbocycles. The molecule has 1 amide bonds. The van der Waals surface area contributed by atoms with Crippen molar-refractivity contribution in [3.8, 4) is 11.5 Å². The summed E-state index contributed by atoms with van der Waals surface area (Å²) in [5, 5.41) is 6.95. The number of aromatic nitrogens is 5. The van der Waals surface area contributed by atoms with E-state index in [1.165, 1.54) is 19.9 Å². The molecule has 0 aromatic carbocycles. The van der Waals surface area contributed by atoms with Crippen molar-refractivity contribution in [1.82, 2.24) is 29.2 Å². The topological polar surface area (TPSA) is 104 Å². The van der Waals surface area contributed by atoms with Crippen LogP contribution in [0.2, 0.25) is 0 Å². The zero-order valence-electron chi connectivity index (χ0n) is 14.2. The molecule has 0 spiro atoms. The van der Waals surface area contributed by atoms with Crippen molar-refractivity contribution in [3.05, 3.63) is 69.6 Å². The molecule has 9 heteroatoms. The van der Waals surface area contributed by atoms with Crippen molar-refractivity contribution in [3.63, 3.8) is 0 Å². The van der Waals surface area contributed by atoms with Crippen LogP contribution in [-0.2, 0) is 24.9 Å². The van der Waals surface area contributed by atoms with E-state index in [0.717, 1.165) is 0 Å². The Morgan fingerprint density at radius 2 is 1.96 bits per heavy atom. The first-order valence-electron chi connectivity index (χ1n) is 8.03. The van der Waals surface area contributed by atoms with Crippen LogP contribution < -0.4 is 16.6 Å². The Morgan fingerprint density at radius 1 is 1.15 bits per heavy atom. The molecule has 0 fully saturated rings. The second kappa shape index (κ2) is 7.60. The van der Waals surface area contributed by atoms with E-state index in [1.54, 1.807) is 43.7 Å². The van der Waals surface area contributed by atoms with Crippen LogP contribution in [0.15, 0.2) is 58.4 Å². The zero-order chi connectivity index (χ0) is 18.5. The molecule has 0 aliphatic carbocycles. The smallest absolute Gasteiger partial charge is 0.346 e. The fourth-order valence-corrected chi connectivity index (χ4v) is 2.45. The standard InChI is InChI=1S/C17H18N6O3/c1-21-16(13-6-2-4-8-18-13)20-23(17(21)26)11-9-19-14(24)12-22-10-5-3-7-15(22)25/h2-8,10H,9,11-12H2,1H3,(H,19,24). The molecule has 1 N–H and O–H groups in total. The molecule has 134 valence electrons. The maximum atomic E-state index is 12.3. The quantitative estimate of drug-likeness (QED) is 0.650. The van der Waals surface area contributed by atoms with Crippen LogP contribution in [0.1, 0.15) is 0 Å². The molecule has 0 unspecified atom stereocenters. The summed E-state index contributed by atoms with van der Waals surface area (Å²) in [6, 6.07) is 10.1. The monoisotopic (exact) mass is 354 g/mol. The van der Waals surface area contributed by atoms with Gasteiger partial charge in [0.25, 0.3) is 5.56 Å². The van der Waals surface area contributed by atoms with E-state index in [0.29, 0.717) is 11.5 Å². The molecule has 0 aliphatic heterocycles. The van der Waals surface area contributed by atoms with Gasteiger partial charge in [0.15, 0.2) is 5.82 Å². The summed E-state index contributed by atoms with van der Waals surface area (Å²) >= 11 is 0. The minimum atomic E-state index is -0.313. The predicted octanol–water partition coefficient (Wildman–Crippen LogP) is -0.378. The van der Waals surface area contributed by atoms with Gasteiger partial charge in [0, 0.05) is 32.1 Å². The molecule has 3 heterocycles. The van der Waals surface area contributed by atoms with Crippen LogP contribution in [0, 0.1) is 0 Å². The van der Waals surface area contributed by atoms with Gasteiger partial charge in [-0.15, -0.1) is 5.10 Å². The maximum absolute atomic E-state index is 12.3.